The molecule has 7 heteroatoms. The van der Waals surface area contributed by atoms with E-state index in [9.17, 15) is 9.59 Å². The summed E-state index contributed by atoms with van der Waals surface area (Å²) in [5.41, 5.74) is 7.75. The average molecular weight is 330 g/mol. The van der Waals surface area contributed by atoms with Crippen LogP contribution in [0.4, 0.5) is 0 Å². The number of piperidine rings is 1. The fraction of sp³-hybridized carbons (Fsp3) is 0.471. The van der Waals surface area contributed by atoms with Gasteiger partial charge in [-0.2, -0.15) is 0 Å². The zero-order valence-corrected chi connectivity index (χ0v) is 14.2. The highest BCUT2D eigenvalue weighted by Gasteiger charge is 2.29. The van der Waals surface area contributed by atoms with Gasteiger partial charge in [0.15, 0.2) is 5.82 Å². The van der Waals surface area contributed by atoms with Crippen molar-refractivity contribution in [3.63, 3.8) is 0 Å². The van der Waals surface area contributed by atoms with Crippen LogP contribution in [0.25, 0.3) is 5.82 Å². The molecule has 0 bridgehead atoms. The van der Waals surface area contributed by atoms with Crippen molar-refractivity contribution in [2.45, 2.75) is 33.6 Å². The van der Waals surface area contributed by atoms with Crippen LogP contribution in [0.3, 0.4) is 0 Å². The Morgan fingerprint density at radius 3 is 2.67 bits per heavy atom. The molecule has 1 unspecified atom stereocenters. The number of nitrogens with zero attached hydrogens (tertiary/aromatic N) is 3. The van der Waals surface area contributed by atoms with E-state index in [0.717, 1.165) is 24.2 Å². The van der Waals surface area contributed by atoms with Crippen LogP contribution in [0.5, 0.6) is 0 Å². The van der Waals surface area contributed by atoms with Crippen LogP contribution in [0.15, 0.2) is 16.7 Å². The van der Waals surface area contributed by atoms with Crippen LogP contribution in [0.2, 0.25) is 0 Å². The Morgan fingerprint density at radius 2 is 2.04 bits per heavy atom. The summed E-state index contributed by atoms with van der Waals surface area (Å²) in [7, 11) is 0. The van der Waals surface area contributed by atoms with Gasteiger partial charge in [0.05, 0.1) is 11.5 Å². The van der Waals surface area contributed by atoms with E-state index >= 15 is 0 Å². The standard InChI is InChI=1S/C17H22N4O3/c1-10-7-14(12(3)21(10)15-8-11(2)24-19-15)17(23)20-6-4-5-13(9-20)16(18)22/h7-8,13H,4-6,9H2,1-3H3,(H2,18,22). The zero-order valence-electron chi connectivity index (χ0n) is 14.2. The quantitative estimate of drug-likeness (QED) is 0.927. The van der Waals surface area contributed by atoms with Crippen LogP contribution in [0, 0.1) is 26.7 Å². The summed E-state index contributed by atoms with van der Waals surface area (Å²) in [6.07, 6.45) is 1.54. The number of aryl methyl sites for hydroxylation is 2. The van der Waals surface area contributed by atoms with Crippen LogP contribution in [0.1, 0.15) is 40.3 Å². The Kier molecular flexibility index (Phi) is 4.17. The molecule has 2 aromatic heterocycles. The summed E-state index contributed by atoms with van der Waals surface area (Å²) in [6.45, 7) is 6.68. The lowest BCUT2D eigenvalue weighted by molar-refractivity contribution is -0.123. The molecule has 2 amide bonds. The molecule has 1 saturated heterocycles. The molecular formula is C17H22N4O3. The number of rotatable bonds is 3. The molecule has 1 atom stereocenters. The van der Waals surface area contributed by atoms with Gasteiger partial charge < -0.3 is 15.2 Å². The monoisotopic (exact) mass is 330 g/mol. The molecule has 24 heavy (non-hydrogen) atoms. The van der Waals surface area contributed by atoms with Crippen molar-refractivity contribution < 1.29 is 14.1 Å². The van der Waals surface area contributed by atoms with Gasteiger partial charge in [0.1, 0.15) is 5.76 Å². The minimum atomic E-state index is -0.337. The molecule has 0 radical (unpaired) electrons. The summed E-state index contributed by atoms with van der Waals surface area (Å²) in [6, 6.07) is 3.69. The Hall–Kier alpha value is -2.57. The van der Waals surface area contributed by atoms with Crippen molar-refractivity contribution in [1.82, 2.24) is 14.6 Å². The van der Waals surface area contributed by atoms with Crippen molar-refractivity contribution in [2.24, 2.45) is 11.7 Å². The second-order valence-corrected chi connectivity index (χ2v) is 6.41. The lowest BCUT2D eigenvalue weighted by atomic mass is 9.97. The molecule has 3 heterocycles. The fourth-order valence-corrected chi connectivity index (χ4v) is 3.35. The highest BCUT2D eigenvalue weighted by Crippen LogP contribution is 2.24. The molecule has 0 aliphatic carbocycles. The predicted octanol–water partition coefficient (Wildman–Crippen LogP) is 1.73. The molecule has 1 aliphatic rings. The Labute approximate surface area is 140 Å². The van der Waals surface area contributed by atoms with E-state index in [1.807, 2.05) is 37.5 Å². The van der Waals surface area contributed by atoms with Gasteiger partial charge in [-0.05, 0) is 39.7 Å². The second-order valence-electron chi connectivity index (χ2n) is 6.41. The predicted molar refractivity (Wildman–Crippen MR) is 87.9 cm³/mol. The van der Waals surface area contributed by atoms with E-state index in [0.29, 0.717) is 30.2 Å². The van der Waals surface area contributed by atoms with Gasteiger partial charge in [0.2, 0.25) is 5.91 Å². The number of amides is 2. The van der Waals surface area contributed by atoms with Crippen molar-refractivity contribution in [1.29, 1.82) is 0 Å². The molecule has 0 saturated carbocycles. The number of aromatic nitrogens is 2. The molecule has 3 rings (SSSR count). The lowest BCUT2D eigenvalue weighted by Crippen LogP contribution is -2.44. The van der Waals surface area contributed by atoms with E-state index in [-0.39, 0.29) is 17.7 Å². The van der Waals surface area contributed by atoms with Crippen molar-refractivity contribution in [3.05, 3.63) is 34.8 Å². The molecule has 2 aromatic rings. The smallest absolute Gasteiger partial charge is 0.255 e. The second kappa shape index (κ2) is 6.14. The van der Waals surface area contributed by atoms with E-state index in [2.05, 4.69) is 5.16 Å². The molecule has 0 spiro atoms. The van der Waals surface area contributed by atoms with Gasteiger partial charge in [-0.15, -0.1) is 0 Å². The Morgan fingerprint density at radius 1 is 1.29 bits per heavy atom. The summed E-state index contributed by atoms with van der Waals surface area (Å²) in [5.74, 6) is 0.710. The number of carbonyl (C=O) groups excluding carboxylic acids is 2. The van der Waals surface area contributed by atoms with E-state index in [1.165, 1.54) is 0 Å². The maximum absolute atomic E-state index is 12.9. The first-order chi connectivity index (χ1) is 11.4. The van der Waals surface area contributed by atoms with Crippen LogP contribution in [-0.4, -0.2) is 39.5 Å². The Bertz CT molecular complexity index is 790. The van der Waals surface area contributed by atoms with Gasteiger partial charge >= 0.3 is 0 Å². The summed E-state index contributed by atoms with van der Waals surface area (Å²) in [4.78, 5) is 26.1. The molecular weight excluding hydrogens is 308 g/mol. The third-order valence-corrected chi connectivity index (χ3v) is 4.62. The largest absolute Gasteiger partial charge is 0.369 e. The molecule has 1 fully saturated rings. The highest BCUT2D eigenvalue weighted by molar-refractivity contribution is 5.96. The number of hydrogen-bond acceptors (Lipinski definition) is 4. The van der Waals surface area contributed by atoms with Gasteiger partial charge in [0, 0.05) is 30.5 Å². The van der Waals surface area contributed by atoms with Crippen LogP contribution < -0.4 is 5.73 Å². The normalized spacial score (nSPS) is 18.0. The maximum Gasteiger partial charge on any atom is 0.255 e. The first-order valence-electron chi connectivity index (χ1n) is 8.09. The van der Waals surface area contributed by atoms with Crippen LogP contribution in [-0.2, 0) is 4.79 Å². The fourth-order valence-electron chi connectivity index (χ4n) is 3.35. The third-order valence-electron chi connectivity index (χ3n) is 4.62. The van der Waals surface area contributed by atoms with E-state index < -0.39 is 0 Å². The average Bonchev–Trinajstić information content (AvgIpc) is 3.09. The molecule has 0 aromatic carbocycles. The molecule has 128 valence electrons. The van der Waals surface area contributed by atoms with Crippen molar-refractivity contribution in [3.8, 4) is 5.82 Å². The van der Waals surface area contributed by atoms with Gasteiger partial charge in [0.25, 0.3) is 5.91 Å². The van der Waals surface area contributed by atoms with Gasteiger partial charge in [-0.1, -0.05) is 5.16 Å². The summed E-state index contributed by atoms with van der Waals surface area (Å²) in [5, 5.41) is 4.03. The number of nitrogens with two attached hydrogens (primary N) is 1. The molecule has 1 aliphatic heterocycles. The first-order valence-corrected chi connectivity index (χ1v) is 8.09. The Balaban J connectivity index is 1.90. The van der Waals surface area contributed by atoms with E-state index in [1.54, 1.807) is 4.90 Å². The zero-order chi connectivity index (χ0) is 17.4. The van der Waals surface area contributed by atoms with Crippen molar-refractivity contribution >= 4 is 11.8 Å². The summed E-state index contributed by atoms with van der Waals surface area (Å²) < 4.78 is 7.04. The van der Waals surface area contributed by atoms with Crippen molar-refractivity contribution in [2.75, 3.05) is 13.1 Å². The topological polar surface area (TPSA) is 94.4 Å². The van der Waals surface area contributed by atoms with Crippen LogP contribution >= 0.6 is 0 Å². The number of primary amides is 1. The first kappa shape index (κ1) is 16.3. The van der Waals surface area contributed by atoms with Gasteiger partial charge in [-0.3, -0.25) is 14.2 Å². The lowest BCUT2D eigenvalue weighted by Gasteiger charge is -2.31. The minimum absolute atomic E-state index is 0.0690. The maximum atomic E-state index is 12.9. The van der Waals surface area contributed by atoms with E-state index in [4.69, 9.17) is 10.3 Å². The molecule has 2 N–H and O–H groups in total. The minimum Gasteiger partial charge on any atom is -0.369 e. The highest BCUT2D eigenvalue weighted by atomic mass is 16.5. The number of likely N-dealkylation sites (tertiary alicyclic amines) is 1. The number of hydrogen-bond donors (Lipinski definition) is 1. The third kappa shape index (κ3) is 2.81. The molecule has 7 nitrogen and oxygen atoms in total. The number of carbonyl (C=O) groups is 2. The SMILES string of the molecule is Cc1cc(-n2c(C)cc(C(=O)N3CCCC(C(N)=O)C3)c2C)no1. The van der Waals surface area contributed by atoms with Gasteiger partial charge in [-0.25, -0.2) is 0 Å². The summed E-state index contributed by atoms with van der Waals surface area (Å²) >= 11 is 0.